The molecule has 0 fully saturated rings. The Hall–Kier alpha value is -0.490. The van der Waals surface area contributed by atoms with Gasteiger partial charge in [0.15, 0.2) is 0 Å². The number of rotatable bonds is 4. The Kier molecular flexibility index (Phi) is 6.27. The number of carboxylic acid groups (broad SMARTS) is 1. The fourth-order valence-electron chi connectivity index (χ4n) is 1.28. The lowest BCUT2D eigenvalue weighted by Gasteiger charge is -2.32. The van der Waals surface area contributed by atoms with Crippen LogP contribution in [0.4, 0.5) is 13.2 Å². The zero-order valence-corrected chi connectivity index (χ0v) is 9.58. The number of nitrogens with zero attached hydrogens (tertiary/aromatic N) is 1. The summed E-state index contributed by atoms with van der Waals surface area (Å²) < 4.78 is 37.6. The van der Waals surface area contributed by atoms with Crippen LogP contribution in [0.1, 0.15) is 13.3 Å². The summed E-state index contributed by atoms with van der Waals surface area (Å²) in [4.78, 5) is 11.7. The molecular formula is C8H15ClF3NO2. The van der Waals surface area contributed by atoms with Crippen LogP contribution < -0.4 is 0 Å². The molecule has 0 aliphatic rings. The van der Waals surface area contributed by atoms with Gasteiger partial charge in [-0.15, -0.1) is 12.4 Å². The first-order valence-electron chi connectivity index (χ1n) is 4.02. The van der Waals surface area contributed by atoms with E-state index < -0.39 is 24.0 Å². The maximum atomic E-state index is 12.5. The van der Waals surface area contributed by atoms with Crippen LogP contribution in [0.5, 0.6) is 0 Å². The van der Waals surface area contributed by atoms with Gasteiger partial charge in [-0.3, -0.25) is 4.79 Å². The molecular weight excluding hydrogens is 235 g/mol. The van der Waals surface area contributed by atoms with Gasteiger partial charge in [-0.05, 0) is 21.0 Å². The van der Waals surface area contributed by atoms with Crippen LogP contribution in [0, 0.1) is 5.41 Å². The summed E-state index contributed by atoms with van der Waals surface area (Å²) >= 11 is 0. The van der Waals surface area contributed by atoms with Crippen molar-refractivity contribution in [3.63, 3.8) is 0 Å². The average Bonchev–Trinajstić information content (AvgIpc) is 1.78. The standard InChI is InChI=1S/C8H14F3NO2.ClH/c1-7(4-6(13)14,5-12(2)3)8(9,10)11;/h4-5H2,1-3H3,(H,13,14);1H. The monoisotopic (exact) mass is 249 g/mol. The Morgan fingerprint density at radius 3 is 1.93 bits per heavy atom. The number of hydrogen-bond acceptors (Lipinski definition) is 2. The van der Waals surface area contributed by atoms with Crippen molar-refractivity contribution in [3.05, 3.63) is 0 Å². The Morgan fingerprint density at radius 1 is 1.33 bits per heavy atom. The van der Waals surface area contributed by atoms with Crippen LogP contribution >= 0.6 is 12.4 Å². The molecule has 15 heavy (non-hydrogen) atoms. The van der Waals surface area contributed by atoms with Gasteiger partial charge in [0.2, 0.25) is 0 Å². The molecule has 0 aliphatic carbocycles. The summed E-state index contributed by atoms with van der Waals surface area (Å²) in [6, 6.07) is 0. The van der Waals surface area contributed by atoms with Crippen molar-refractivity contribution in [2.75, 3.05) is 20.6 Å². The molecule has 1 N–H and O–H groups in total. The largest absolute Gasteiger partial charge is 0.481 e. The second kappa shape index (κ2) is 5.55. The van der Waals surface area contributed by atoms with Gasteiger partial charge in [0.25, 0.3) is 0 Å². The van der Waals surface area contributed by atoms with Crippen LogP contribution in [0.25, 0.3) is 0 Å². The van der Waals surface area contributed by atoms with Crippen LogP contribution in [0.2, 0.25) is 0 Å². The van der Waals surface area contributed by atoms with E-state index in [-0.39, 0.29) is 19.0 Å². The lowest BCUT2D eigenvalue weighted by atomic mass is 9.85. The minimum atomic E-state index is -4.50. The minimum absolute atomic E-state index is 0. The Labute approximate surface area is 92.7 Å². The van der Waals surface area contributed by atoms with Gasteiger partial charge in [-0.1, -0.05) is 0 Å². The summed E-state index contributed by atoms with van der Waals surface area (Å²) in [5.41, 5.74) is -2.19. The molecule has 0 aromatic heterocycles. The minimum Gasteiger partial charge on any atom is -0.481 e. The number of hydrogen-bond donors (Lipinski definition) is 1. The molecule has 0 aliphatic heterocycles. The van der Waals surface area contributed by atoms with Crippen LogP contribution in [-0.4, -0.2) is 42.8 Å². The SMILES string of the molecule is CN(C)CC(C)(CC(=O)O)C(F)(F)F.Cl. The quantitative estimate of drug-likeness (QED) is 0.829. The molecule has 0 aromatic rings. The Balaban J connectivity index is 0. The smallest absolute Gasteiger partial charge is 0.396 e. The van der Waals surface area contributed by atoms with Gasteiger partial charge >= 0.3 is 12.1 Å². The van der Waals surface area contributed by atoms with Crippen LogP contribution in [-0.2, 0) is 4.79 Å². The van der Waals surface area contributed by atoms with E-state index in [9.17, 15) is 18.0 Å². The number of aliphatic carboxylic acids is 1. The predicted molar refractivity (Wildman–Crippen MR) is 52.2 cm³/mol. The third kappa shape index (κ3) is 5.22. The van der Waals surface area contributed by atoms with Gasteiger partial charge in [0.05, 0.1) is 11.8 Å². The van der Waals surface area contributed by atoms with Crippen molar-refractivity contribution in [2.24, 2.45) is 5.41 Å². The van der Waals surface area contributed by atoms with Gasteiger partial charge in [0, 0.05) is 6.54 Å². The second-order valence-corrected chi connectivity index (χ2v) is 3.87. The van der Waals surface area contributed by atoms with E-state index in [0.29, 0.717) is 0 Å². The summed E-state index contributed by atoms with van der Waals surface area (Å²) in [5.74, 6) is -1.44. The lowest BCUT2D eigenvalue weighted by Crippen LogP contribution is -2.44. The van der Waals surface area contributed by atoms with E-state index in [1.54, 1.807) is 0 Å². The summed E-state index contributed by atoms with van der Waals surface area (Å²) in [7, 11) is 2.96. The Bertz CT molecular complexity index is 220. The van der Waals surface area contributed by atoms with Gasteiger partial charge in [-0.25, -0.2) is 0 Å². The van der Waals surface area contributed by atoms with Crippen molar-refractivity contribution in [2.45, 2.75) is 19.5 Å². The highest BCUT2D eigenvalue weighted by Gasteiger charge is 2.52. The molecule has 92 valence electrons. The zero-order chi connectivity index (χ0) is 11.6. The molecule has 0 spiro atoms. The van der Waals surface area contributed by atoms with Crippen LogP contribution in [0.3, 0.4) is 0 Å². The zero-order valence-electron chi connectivity index (χ0n) is 8.76. The highest BCUT2D eigenvalue weighted by atomic mass is 35.5. The molecule has 1 unspecified atom stereocenters. The first-order valence-corrected chi connectivity index (χ1v) is 4.02. The van der Waals surface area contributed by atoms with Crippen molar-refractivity contribution in [1.82, 2.24) is 4.90 Å². The van der Waals surface area contributed by atoms with Crippen LogP contribution in [0.15, 0.2) is 0 Å². The number of carbonyl (C=O) groups is 1. The molecule has 3 nitrogen and oxygen atoms in total. The van der Waals surface area contributed by atoms with E-state index in [1.807, 2.05) is 0 Å². The maximum Gasteiger partial charge on any atom is 0.396 e. The Morgan fingerprint density at radius 2 is 1.73 bits per heavy atom. The van der Waals surface area contributed by atoms with Gasteiger partial charge in [0.1, 0.15) is 0 Å². The topological polar surface area (TPSA) is 40.5 Å². The van der Waals surface area contributed by atoms with Crippen molar-refractivity contribution >= 4 is 18.4 Å². The summed E-state index contributed by atoms with van der Waals surface area (Å²) in [6.45, 7) is 0.587. The second-order valence-electron chi connectivity index (χ2n) is 3.87. The average molecular weight is 250 g/mol. The van der Waals surface area contributed by atoms with Crippen molar-refractivity contribution in [3.8, 4) is 0 Å². The molecule has 0 rings (SSSR count). The number of halogens is 4. The molecule has 0 amide bonds. The molecule has 0 bridgehead atoms. The normalized spacial score (nSPS) is 15.7. The molecule has 0 aromatic carbocycles. The third-order valence-corrected chi connectivity index (χ3v) is 1.89. The highest BCUT2D eigenvalue weighted by Crippen LogP contribution is 2.41. The maximum absolute atomic E-state index is 12.5. The fraction of sp³-hybridized carbons (Fsp3) is 0.875. The third-order valence-electron chi connectivity index (χ3n) is 1.89. The lowest BCUT2D eigenvalue weighted by molar-refractivity contribution is -0.226. The fourth-order valence-corrected chi connectivity index (χ4v) is 1.28. The van der Waals surface area contributed by atoms with Gasteiger partial charge < -0.3 is 10.0 Å². The van der Waals surface area contributed by atoms with Crippen molar-refractivity contribution < 1.29 is 23.1 Å². The molecule has 0 heterocycles. The molecule has 0 saturated carbocycles. The first-order chi connectivity index (χ1) is 6.08. The van der Waals surface area contributed by atoms with E-state index in [1.165, 1.54) is 19.0 Å². The molecule has 0 radical (unpaired) electrons. The van der Waals surface area contributed by atoms with E-state index >= 15 is 0 Å². The van der Waals surface area contributed by atoms with E-state index in [0.717, 1.165) is 6.92 Å². The van der Waals surface area contributed by atoms with E-state index in [2.05, 4.69) is 0 Å². The molecule has 0 saturated heterocycles. The van der Waals surface area contributed by atoms with E-state index in [4.69, 9.17) is 5.11 Å². The molecule has 7 heteroatoms. The number of carboxylic acids is 1. The highest BCUT2D eigenvalue weighted by molar-refractivity contribution is 5.85. The summed E-state index contributed by atoms with van der Waals surface area (Å²) in [5, 5.41) is 8.41. The predicted octanol–water partition coefficient (Wildman–Crippen LogP) is 2.01. The first kappa shape index (κ1) is 16.9. The summed E-state index contributed by atoms with van der Waals surface area (Å²) in [6.07, 6.45) is -5.41. The van der Waals surface area contributed by atoms with Crippen molar-refractivity contribution in [1.29, 1.82) is 0 Å². The number of alkyl halides is 3. The molecule has 1 atom stereocenters. The van der Waals surface area contributed by atoms with Gasteiger partial charge in [-0.2, -0.15) is 13.2 Å².